The maximum Gasteiger partial charge on any atom is 0.255 e. The van der Waals surface area contributed by atoms with Gasteiger partial charge in [0.1, 0.15) is 0 Å². The summed E-state index contributed by atoms with van der Waals surface area (Å²) in [5.74, 6) is -0.118. The van der Waals surface area contributed by atoms with Gasteiger partial charge in [0.25, 0.3) is 5.91 Å². The van der Waals surface area contributed by atoms with Crippen LogP contribution < -0.4 is 5.32 Å². The monoisotopic (exact) mass is 291 g/mol. The first kappa shape index (κ1) is 14.1. The Hall–Kier alpha value is -2.88. The van der Waals surface area contributed by atoms with Crippen LogP contribution in [-0.2, 0) is 0 Å². The Morgan fingerprint density at radius 3 is 2.68 bits per heavy atom. The molecule has 0 aliphatic rings. The van der Waals surface area contributed by atoms with E-state index in [0.29, 0.717) is 5.56 Å². The van der Waals surface area contributed by atoms with Crippen LogP contribution in [0.4, 0.5) is 5.69 Å². The van der Waals surface area contributed by atoms with Crippen LogP contribution in [0.3, 0.4) is 0 Å². The van der Waals surface area contributed by atoms with Gasteiger partial charge < -0.3 is 5.32 Å². The van der Waals surface area contributed by atoms with E-state index >= 15 is 0 Å². The van der Waals surface area contributed by atoms with Crippen molar-refractivity contribution in [2.75, 3.05) is 5.32 Å². The van der Waals surface area contributed by atoms with Crippen molar-refractivity contribution < 1.29 is 4.79 Å². The fraction of sp³-hybridized carbons (Fsp3) is 0.111. The van der Waals surface area contributed by atoms with Crippen LogP contribution in [0.1, 0.15) is 29.9 Å². The standard InChI is InChI=1S/C18H17N3O/c1-3-12(2)17-15-11-14(9-10-16(15)20-21-17)19-18(22)13-7-5-4-6-8-13/h3-11H,1-2H3,(H,19,22)(H,20,21)/b12-3+. The highest BCUT2D eigenvalue weighted by molar-refractivity contribution is 6.05. The van der Waals surface area contributed by atoms with E-state index in [0.717, 1.165) is 27.9 Å². The summed E-state index contributed by atoms with van der Waals surface area (Å²) >= 11 is 0. The van der Waals surface area contributed by atoms with Crippen molar-refractivity contribution in [2.45, 2.75) is 13.8 Å². The predicted molar refractivity (Wildman–Crippen MR) is 89.8 cm³/mol. The van der Waals surface area contributed by atoms with Gasteiger partial charge in [0.2, 0.25) is 0 Å². The molecule has 1 heterocycles. The van der Waals surface area contributed by atoms with Crippen molar-refractivity contribution in [1.29, 1.82) is 0 Å². The number of nitrogens with one attached hydrogen (secondary N) is 2. The van der Waals surface area contributed by atoms with E-state index < -0.39 is 0 Å². The molecule has 2 N–H and O–H groups in total. The van der Waals surface area contributed by atoms with E-state index in [1.165, 1.54) is 0 Å². The highest BCUT2D eigenvalue weighted by atomic mass is 16.1. The molecule has 22 heavy (non-hydrogen) atoms. The summed E-state index contributed by atoms with van der Waals surface area (Å²) in [6.07, 6.45) is 2.02. The minimum atomic E-state index is -0.118. The van der Waals surface area contributed by atoms with E-state index in [1.54, 1.807) is 12.1 Å². The molecule has 0 aliphatic heterocycles. The van der Waals surface area contributed by atoms with E-state index in [4.69, 9.17) is 0 Å². The van der Waals surface area contributed by atoms with Crippen LogP contribution in [0.2, 0.25) is 0 Å². The molecule has 2 aromatic carbocycles. The molecule has 0 aliphatic carbocycles. The topological polar surface area (TPSA) is 57.8 Å². The number of rotatable bonds is 3. The highest BCUT2D eigenvalue weighted by Gasteiger charge is 2.10. The molecule has 0 atom stereocenters. The number of allylic oxidation sites excluding steroid dienone is 2. The minimum Gasteiger partial charge on any atom is -0.322 e. The Kier molecular flexibility index (Phi) is 3.74. The molecule has 0 saturated heterocycles. The van der Waals surface area contributed by atoms with Gasteiger partial charge in [-0.25, -0.2) is 0 Å². The number of aromatic nitrogens is 2. The van der Waals surface area contributed by atoms with E-state index in [9.17, 15) is 4.79 Å². The molecule has 0 bridgehead atoms. The van der Waals surface area contributed by atoms with Gasteiger partial charge in [-0.1, -0.05) is 24.3 Å². The number of fused-ring (bicyclic) bond motifs is 1. The molecular formula is C18H17N3O. The average Bonchev–Trinajstić information content (AvgIpc) is 2.98. The fourth-order valence-corrected chi connectivity index (χ4v) is 2.32. The lowest BCUT2D eigenvalue weighted by molar-refractivity contribution is 0.102. The molecule has 0 saturated carbocycles. The quantitative estimate of drug-likeness (QED) is 0.758. The third-order valence-electron chi connectivity index (χ3n) is 3.66. The van der Waals surface area contributed by atoms with Gasteiger partial charge in [-0.2, -0.15) is 5.10 Å². The predicted octanol–water partition coefficient (Wildman–Crippen LogP) is 4.24. The fourth-order valence-electron chi connectivity index (χ4n) is 2.32. The second kappa shape index (κ2) is 5.85. The molecule has 3 rings (SSSR count). The SMILES string of the molecule is C/C=C(\C)c1n[nH]c2ccc(NC(=O)c3ccccc3)cc12. The number of amides is 1. The second-order valence-corrected chi connectivity index (χ2v) is 5.12. The number of hydrogen-bond donors (Lipinski definition) is 2. The Morgan fingerprint density at radius 1 is 1.18 bits per heavy atom. The molecule has 0 unspecified atom stereocenters. The molecule has 110 valence electrons. The molecule has 1 aromatic heterocycles. The van der Waals surface area contributed by atoms with Crippen LogP contribution in [0.15, 0.2) is 54.6 Å². The Labute approximate surface area is 128 Å². The van der Waals surface area contributed by atoms with Crippen LogP contribution in [0.25, 0.3) is 16.5 Å². The number of carbonyl (C=O) groups excluding carboxylic acids is 1. The van der Waals surface area contributed by atoms with Crippen LogP contribution in [0, 0.1) is 0 Å². The lowest BCUT2D eigenvalue weighted by Gasteiger charge is -2.06. The maximum absolute atomic E-state index is 12.2. The van der Waals surface area contributed by atoms with Gasteiger partial charge in [0, 0.05) is 16.6 Å². The number of hydrogen-bond acceptors (Lipinski definition) is 2. The lowest BCUT2D eigenvalue weighted by Crippen LogP contribution is -2.11. The van der Waals surface area contributed by atoms with Crippen molar-refractivity contribution in [3.8, 4) is 0 Å². The molecular weight excluding hydrogens is 274 g/mol. The van der Waals surface area contributed by atoms with Crippen molar-refractivity contribution >= 4 is 28.1 Å². The van der Waals surface area contributed by atoms with Crippen LogP contribution in [0.5, 0.6) is 0 Å². The van der Waals surface area contributed by atoms with Gasteiger partial charge in [0.15, 0.2) is 0 Å². The molecule has 1 amide bonds. The van der Waals surface area contributed by atoms with Gasteiger partial charge in [-0.15, -0.1) is 0 Å². The van der Waals surface area contributed by atoms with Crippen molar-refractivity contribution in [3.63, 3.8) is 0 Å². The molecule has 3 aromatic rings. The molecule has 4 heteroatoms. The third kappa shape index (κ3) is 2.63. The Morgan fingerprint density at radius 2 is 1.95 bits per heavy atom. The zero-order valence-corrected chi connectivity index (χ0v) is 12.6. The summed E-state index contributed by atoms with van der Waals surface area (Å²) in [6.45, 7) is 4.00. The van der Waals surface area contributed by atoms with Gasteiger partial charge in [-0.05, 0) is 49.8 Å². The van der Waals surface area contributed by atoms with Gasteiger partial charge >= 0.3 is 0 Å². The Bertz CT molecular complexity index is 847. The van der Waals surface area contributed by atoms with E-state index in [2.05, 4.69) is 15.5 Å². The van der Waals surface area contributed by atoms with Crippen molar-refractivity contribution in [3.05, 3.63) is 65.9 Å². The summed E-state index contributed by atoms with van der Waals surface area (Å²) in [7, 11) is 0. The summed E-state index contributed by atoms with van der Waals surface area (Å²) in [4.78, 5) is 12.2. The smallest absolute Gasteiger partial charge is 0.255 e. The molecule has 0 fully saturated rings. The summed E-state index contributed by atoms with van der Waals surface area (Å²) in [5.41, 5.74) is 4.35. The van der Waals surface area contributed by atoms with Crippen molar-refractivity contribution in [2.24, 2.45) is 0 Å². The summed E-state index contributed by atoms with van der Waals surface area (Å²) in [5, 5.41) is 11.3. The number of H-pyrrole nitrogens is 1. The number of aromatic amines is 1. The normalized spacial score (nSPS) is 11.6. The first-order valence-electron chi connectivity index (χ1n) is 7.17. The van der Waals surface area contributed by atoms with E-state index in [-0.39, 0.29) is 5.91 Å². The molecule has 4 nitrogen and oxygen atoms in total. The van der Waals surface area contributed by atoms with Crippen molar-refractivity contribution in [1.82, 2.24) is 10.2 Å². The zero-order chi connectivity index (χ0) is 15.5. The minimum absolute atomic E-state index is 0.118. The Balaban J connectivity index is 1.93. The number of benzene rings is 2. The summed E-state index contributed by atoms with van der Waals surface area (Å²) < 4.78 is 0. The molecule has 0 spiro atoms. The third-order valence-corrected chi connectivity index (χ3v) is 3.66. The number of carbonyl (C=O) groups is 1. The highest BCUT2D eigenvalue weighted by Crippen LogP contribution is 2.25. The van der Waals surface area contributed by atoms with Gasteiger partial charge in [0.05, 0.1) is 11.2 Å². The van der Waals surface area contributed by atoms with Gasteiger partial charge in [-0.3, -0.25) is 9.89 Å². The summed E-state index contributed by atoms with van der Waals surface area (Å²) in [6, 6.07) is 14.9. The average molecular weight is 291 g/mol. The number of anilines is 1. The zero-order valence-electron chi connectivity index (χ0n) is 12.6. The largest absolute Gasteiger partial charge is 0.322 e. The first-order chi connectivity index (χ1) is 10.7. The molecule has 0 radical (unpaired) electrons. The maximum atomic E-state index is 12.2. The first-order valence-corrected chi connectivity index (χ1v) is 7.17. The van der Waals surface area contributed by atoms with Crippen LogP contribution in [-0.4, -0.2) is 16.1 Å². The van der Waals surface area contributed by atoms with E-state index in [1.807, 2.05) is 56.3 Å². The lowest BCUT2D eigenvalue weighted by atomic mass is 10.1. The van der Waals surface area contributed by atoms with Crippen LogP contribution >= 0.6 is 0 Å². The number of nitrogens with zero attached hydrogens (tertiary/aromatic N) is 1. The second-order valence-electron chi connectivity index (χ2n) is 5.12.